The van der Waals surface area contributed by atoms with Crippen molar-refractivity contribution in [1.29, 1.82) is 0 Å². The Labute approximate surface area is 113 Å². The maximum atomic E-state index is 10.6. The Kier molecular flexibility index (Phi) is 4.46. The van der Waals surface area contributed by atoms with E-state index in [1.165, 1.54) is 16.2 Å². The minimum absolute atomic E-state index is 0.205. The Morgan fingerprint density at radius 3 is 2.89 bits per heavy atom. The van der Waals surface area contributed by atoms with E-state index in [-0.39, 0.29) is 9.92 Å². The maximum absolute atomic E-state index is 10.6. The summed E-state index contributed by atoms with van der Waals surface area (Å²) in [5.74, 6) is 0. The molecule has 2 rings (SSSR count). The van der Waals surface area contributed by atoms with Crippen LogP contribution < -0.4 is 5.32 Å². The molecule has 0 spiro atoms. The smallest absolute Gasteiger partial charge is 0.305 e. The molecule has 0 aliphatic carbocycles. The zero-order valence-electron chi connectivity index (χ0n) is 9.96. The van der Waals surface area contributed by atoms with E-state index in [1.807, 2.05) is 11.4 Å². The summed E-state index contributed by atoms with van der Waals surface area (Å²) in [6.45, 7) is 2.80. The third-order valence-electron chi connectivity index (χ3n) is 2.67. The van der Waals surface area contributed by atoms with E-state index >= 15 is 0 Å². The molecule has 18 heavy (non-hydrogen) atoms. The molecule has 2 aromatic rings. The van der Waals surface area contributed by atoms with Gasteiger partial charge in [0.1, 0.15) is 0 Å². The van der Waals surface area contributed by atoms with Gasteiger partial charge in [-0.15, -0.1) is 11.3 Å². The number of thiophene rings is 2. The van der Waals surface area contributed by atoms with Gasteiger partial charge in [-0.1, -0.05) is 24.3 Å². The Hall–Kier alpha value is -1.24. The molecule has 0 saturated carbocycles. The highest BCUT2D eigenvalue weighted by Crippen LogP contribution is 2.25. The molecule has 0 radical (unpaired) electrons. The van der Waals surface area contributed by atoms with Crippen molar-refractivity contribution >= 4 is 27.7 Å². The molecule has 2 aromatic heterocycles. The van der Waals surface area contributed by atoms with Gasteiger partial charge in [0.2, 0.25) is 0 Å². The lowest BCUT2D eigenvalue weighted by Gasteiger charge is -2.14. The molecular weight excluding hydrogens is 268 g/mol. The van der Waals surface area contributed by atoms with Gasteiger partial charge in [0, 0.05) is 28.9 Å². The molecule has 0 aromatic carbocycles. The molecule has 0 saturated heterocycles. The summed E-state index contributed by atoms with van der Waals surface area (Å²) in [4.78, 5) is 11.6. The van der Waals surface area contributed by atoms with E-state index in [4.69, 9.17) is 0 Å². The Bertz CT molecular complexity index is 508. The third-order valence-corrected chi connectivity index (χ3v) is 4.58. The molecule has 0 fully saturated rings. The number of nitrogens with zero attached hydrogens (tertiary/aromatic N) is 1. The van der Waals surface area contributed by atoms with E-state index in [0.29, 0.717) is 12.6 Å². The highest BCUT2D eigenvalue weighted by molar-refractivity contribution is 7.13. The van der Waals surface area contributed by atoms with Crippen LogP contribution in [0.4, 0.5) is 5.00 Å². The molecule has 0 aliphatic heterocycles. The summed E-state index contributed by atoms with van der Waals surface area (Å²) in [6.07, 6.45) is 1.01. The molecule has 0 bridgehead atoms. The second-order valence-electron chi connectivity index (χ2n) is 3.91. The van der Waals surface area contributed by atoms with Gasteiger partial charge >= 0.3 is 5.00 Å². The van der Waals surface area contributed by atoms with E-state index in [1.54, 1.807) is 17.4 Å². The van der Waals surface area contributed by atoms with Gasteiger partial charge in [0.05, 0.1) is 4.92 Å². The monoisotopic (exact) mass is 282 g/mol. The van der Waals surface area contributed by atoms with Crippen molar-refractivity contribution in [3.63, 3.8) is 0 Å². The second-order valence-corrected chi connectivity index (χ2v) is 5.78. The minimum atomic E-state index is -0.343. The van der Waals surface area contributed by atoms with E-state index in [2.05, 4.69) is 23.7 Å². The fraction of sp³-hybridized carbons (Fsp3) is 0.333. The molecule has 0 amide bonds. The SMILES string of the molecule is CCC(NCc1csc([N+](=O)[O-])c1)c1cccs1. The fourth-order valence-electron chi connectivity index (χ4n) is 1.73. The Morgan fingerprint density at radius 2 is 2.33 bits per heavy atom. The van der Waals surface area contributed by atoms with Crippen molar-refractivity contribution < 1.29 is 4.92 Å². The van der Waals surface area contributed by atoms with Crippen molar-refractivity contribution in [2.24, 2.45) is 0 Å². The van der Waals surface area contributed by atoms with Crippen molar-refractivity contribution in [1.82, 2.24) is 5.32 Å². The van der Waals surface area contributed by atoms with E-state index in [0.717, 1.165) is 12.0 Å². The first kappa shape index (κ1) is 13.2. The number of nitro groups is 1. The highest BCUT2D eigenvalue weighted by Gasteiger charge is 2.12. The first-order valence-corrected chi connectivity index (χ1v) is 7.45. The third kappa shape index (κ3) is 3.16. The fourth-order valence-corrected chi connectivity index (χ4v) is 3.34. The maximum Gasteiger partial charge on any atom is 0.324 e. The molecule has 1 unspecified atom stereocenters. The average molecular weight is 282 g/mol. The molecule has 4 nitrogen and oxygen atoms in total. The predicted molar refractivity (Wildman–Crippen MR) is 75.2 cm³/mol. The van der Waals surface area contributed by atoms with Crippen LogP contribution in [-0.4, -0.2) is 4.92 Å². The molecule has 2 heterocycles. The number of rotatable bonds is 6. The summed E-state index contributed by atoms with van der Waals surface area (Å²) in [5, 5.41) is 18.1. The minimum Gasteiger partial charge on any atom is -0.305 e. The van der Waals surface area contributed by atoms with Gasteiger partial charge in [-0.3, -0.25) is 10.1 Å². The van der Waals surface area contributed by atoms with Gasteiger partial charge in [-0.05, 0) is 23.4 Å². The van der Waals surface area contributed by atoms with Gasteiger partial charge in [-0.25, -0.2) is 0 Å². The van der Waals surface area contributed by atoms with Crippen LogP contribution in [0.25, 0.3) is 0 Å². The van der Waals surface area contributed by atoms with Crippen LogP contribution in [0.15, 0.2) is 29.0 Å². The molecule has 6 heteroatoms. The summed E-state index contributed by atoms with van der Waals surface area (Å²) >= 11 is 2.91. The molecule has 1 N–H and O–H groups in total. The lowest BCUT2D eigenvalue weighted by atomic mass is 10.2. The number of hydrogen-bond acceptors (Lipinski definition) is 5. The molecule has 1 atom stereocenters. The van der Waals surface area contributed by atoms with Gasteiger partial charge in [0.25, 0.3) is 0 Å². The highest BCUT2D eigenvalue weighted by atomic mass is 32.1. The van der Waals surface area contributed by atoms with Crippen molar-refractivity contribution in [2.75, 3.05) is 0 Å². The van der Waals surface area contributed by atoms with Gasteiger partial charge < -0.3 is 5.32 Å². The van der Waals surface area contributed by atoms with Crippen molar-refractivity contribution in [3.8, 4) is 0 Å². The van der Waals surface area contributed by atoms with Crippen molar-refractivity contribution in [2.45, 2.75) is 25.9 Å². The van der Waals surface area contributed by atoms with E-state index in [9.17, 15) is 10.1 Å². The van der Waals surface area contributed by atoms with Crippen LogP contribution in [0.1, 0.15) is 29.8 Å². The van der Waals surface area contributed by atoms with Crippen LogP contribution in [-0.2, 0) is 6.54 Å². The average Bonchev–Trinajstić information content (AvgIpc) is 3.00. The summed E-state index contributed by atoms with van der Waals surface area (Å²) < 4.78 is 0. The second kappa shape index (κ2) is 6.08. The zero-order chi connectivity index (χ0) is 13.0. The first-order valence-electron chi connectivity index (χ1n) is 5.69. The largest absolute Gasteiger partial charge is 0.324 e. The lowest BCUT2D eigenvalue weighted by molar-refractivity contribution is -0.380. The summed E-state index contributed by atoms with van der Waals surface area (Å²) in [7, 11) is 0. The van der Waals surface area contributed by atoms with Gasteiger partial charge in [0.15, 0.2) is 0 Å². The Morgan fingerprint density at radius 1 is 1.50 bits per heavy atom. The first-order chi connectivity index (χ1) is 8.70. The van der Waals surface area contributed by atoms with Crippen molar-refractivity contribution in [3.05, 3.63) is 49.5 Å². The normalized spacial score (nSPS) is 12.5. The summed E-state index contributed by atoms with van der Waals surface area (Å²) in [5.41, 5.74) is 0.974. The zero-order valence-corrected chi connectivity index (χ0v) is 11.6. The van der Waals surface area contributed by atoms with Crippen LogP contribution in [0.3, 0.4) is 0 Å². The topological polar surface area (TPSA) is 55.2 Å². The van der Waals surface area contributed by atoms with Crippen LogP contribution in [0.2, 0.25) is 0 Å². The van der Waals surface area contributed by atoms with Crippen LogP contribution in [0, 0.1) is 10.1 Å². The Balaban J connectivity index is 1.95. The summed E-state index contributed by atoms with van der Waals surface area (Å²) in [6, 6.07) is 6.12. The number of hydrogen-bond donors (Lipinski definition) is 1. The van der Waals surface area contributed by atoms with Gasteiger partial charge in [-0.2, -0.15) is 0 Å². The van der Waals surface area contributed by atoms with Crippen LogP contribution in [0.5, 0.6) is 0 Å². The predicted octanol–water partition coefficient (Wildman–Crippen LogP) is 3.96. The molecule has 96 valence electrons. The van der Waals surface area contributed by atoms with Crippen LogP contribution >= 0.6 is 22.7 Å². The van der Waals surface area contributed by atoms with E-state index < -0.39 is 0 Å². The lowest BCUT2D eigenvalue weighted by Crippen LogP contribution is -2.18. The molecule has 0 aliphatic rings. The molecular formula is C12H14N2O2S2. The number of nitrogens with one attached hydrogen (secondary N) is 1. The quantitative estimate of drug-likeness (QED) is 0.644. The standard InChI is InChI=1S/C12H14N2O2S2/c1-2-10(11-4-3-5-17-11)13-7-9-6-12(14(15)16)18-8-9/h3-6,8,10,13H,2,7H2,1H3.